The quantitative estimate of drug-likeness (QED) is 0.626. The van der Waals surface area contributed by atoms with E-state index in [1.54, 1.807) is 0 Å². The van der Waals surface area contributed by atoms with Crippen molar-refractivity contribution in [3.8, 4) is 0 Å². The van der Waals surface area contributed by atoms with E-state index < -0.39 is 0 Å². The van der Waals surface area contributed by atoms with Crippen molar-refractivity contribution in [1.82, 2.24) is 9.88 Å². The molecule has 1 heterocycles. The predicted octanol–water partition coefficient (Wildman–Crippen LogP) is 6.56. The van der Waals surface area contributed by atoms with E-state index in [1.807, 2.05) is 46.2 Å². The Balaban J connectivity index is 0. The standard InChI is InChI=1S/C14H22N2.C3H8.2C2H6/c1-12-5-7-14(8-6-12)16(2)11-13-4-3-9-15-10-13;1-3-2;2*1-2/h3-4,9-10,12,14H,5-8,11H2,1-2H3;3H2,1-2H3;2*1-2H3. The van der Waals surface area contributed by atoms with E-state index >= 15 is 0 Å². The second-order valence-electron chi connectivity index (χ2n) is 5.90. The van der Waals surface area contributed by atoms with Crippen molar-refractivity contribution in [3.05, 3.63) is 30.1 Å². The fourth-order valence-electron chi connectivity index (χ4n) is 2.59. The average Bonchev–Trinajstić information content (AvgIpc) is 2.60. The van der Waals surface area contributed by atoms with Crippen molar-refractivity contribution in [2.24, 2.45) is 5.92 Å². The Labute approximate surface area is 146 Å². The largest absolute Gasteiger partial charge is 0.299 e. The first-order valence-corrected chi connectivity index (χ1v) is 9.76. The summed E-state index contributed by atoms with van der Waals surface area (Å²) in [7, 11) is 2.24. The van der Waals surface area contributed by atoms with Gasteiger partial charge in [0.1, 0.15) is 0 Å². The summed E-state index contributed by atoms with van der Waals surface area (Å²) in [6.45, 7) is 15.7. The van der Waals surface area contributed by atoms with Gasteiger partial charge in [-0.05, 0) is 50.3 Å². The lowest BCUT2D eigenvalue weighted by molar-refractivity contribution is 0.164. The molecule has 1 aliphatic carbocycles. The molecular weight excluding hydrogens is 280 g/mol. The van der Waals surface area contributed by atoms with Crippen LogP contribution < -0.4 is 0 Å². The summed E-state index contributed by atoms with van der Waals surface area (Å²) in [4.78, 5) is 6.66. The van der Waals surface area contributed by atoms with E-state index in [0.29, 0.717) is 0 Å². The molecule has 0 atom stereocenters. The molecule has 1 fully saturated rings. The smallest absolute Gasteiger partial charge is 0.0312 e. The van der Waals surface area contributed by atoms with Crippen LogP contribution in [0.15, 0.2) is 24.5 Å². The molecule has 2 heteroatoms. The maximum absolute atomic E-state index is 4.17. The molecule has 1 saturated carbocycles. The number of nitrogens with zero attached hydrogens (tertiary/aromatic N) is 2. The molecule has 0 N–H and O–H groups in total. The van der Waals surface area contributed by atoms with E-state index in [4.69, 9.17) is 0 Å². The summed E-state index contributed by atoms with van der Waals surface area (Å²) in [6.07, 6.45) is 10.6. The van der Waals surface area contributed by atoms with Gasteiger partial charge in [0.2, 0.25) is 0 Å². The van der Waals surface area contributed by atoms with Crippen molar-refractivity contribution in [2.45, 2.75) is 93.2 Å². The highest BCUT2D eigenvalue weighted by atomic mass is 15.1. The van der Waals surface area contributed by atoms with Crippen LogP contribution in [-0.4, -0.2) is 23.0 Å². The van der Waals surface area contributed by atoms with Gasteiger partial charge in [-0.15, -0.1) is 0 Å². The summed E-state index contributed by atoms with van der Waals surface area (Å²) in [6, 6.07) is 4.96. The van der Waals surface area contributed by atoms with Gasteiger partial charge in [0.25, 0.3) is 0 Å². The Hall–Kier alpha value is -0.890. The molecule has 23 heavy (non-hydrogen) atoms. The second kappa shape index (κ2) is 17.5. The van der Waals surface area contributed by atoms with Crippen molar-refractivity contribution in [1.29, 1.82) is 0 Å². The van der Waals surface area contributed by atoms with Crippen LogP contribution in [0.25, 0.3) is 0 Å². The molecule has 0 amide bonds. The maximum atomic E-state index is 4.17. The van der Waals surface area contributed by atoms with E-state index in [1.165, 1.54) is 37.7 Å². The molecule has 0 spiro atoms. The van der Waals surface area contributed by atoms with Crippen molar-refractivity contribution in [3.63, 3.8) is 0 Å². The average molecular weight is 323 g/mol. The van der Waals surface area contributed by atoms with Gasteiger partial charge in [-0.2, -0.15) is 0 Å². The minimum Gasteiger partial charge on any atom is -0.299 e. The molecule has 2 nitrogen and oxygen atoms in total. The first-order valence-electron chi connectivity index (χ1n) is 9.76. The summed E-state index contributed by atoms with van der Waals surface area (Å²) >= 11 is 0. The van der Waals surface area contributed by atoms with Gasteiger partial charge < -0.3 is 0 Å². The second-order valence-corrected chi connectivity index (χ2v) is 5.90. The summed E-state index contributed by atoms with van der Waals surface area (Å²) in [5.41, 5.74) is 1.32. The van der Waals surface area contributed by atoms with Gasteiger partial charge in [0.15, 0.2) is 0 Å². The number of hydrogen-bond acceptors (Lipinski definition) is 2. The van der Waals surface area contributed by atoms with Gasteiger partial charge in [-0.1, -0.05) is 61.0 Å². The number of aromatic nitrogens is 1. The lowest BCUT2D eigenvalue weighted by atomic mass is 9.86. The van der Waals surface area contributed by atoms with Crippen LogP contribution in [0.4, 0.5) is 0 Å². The van der Waals surface area contributed by atoms with Crippen LogP contribution in [0.1, 0.15) is 86.1 Å². The third-order valence-corrected chi connectivity index (χ3v) is 3.76. The molecular formula is C21H42N2. The zero-order valence-electron chi connectivity index (χ0n) is 17.1. The number of rotatable bonds is 3. The first kappa shape index (κ1) is 24.4. The minimum atomic E-state index is 0.774. The Morgan fingerprint density at radius 3 is 2.00 bits per heavy atom. The van der Waals surface area contributed by atoms with Crippen LogP contribution in [0.5, 0.6) is 0 Å². The van der Waals surface area contributed by atoms with Crippen LogP contribution in [-0.2, 0) is 6.54 Å². The van der Waals surface area contributed by atoms with Crippen LogP contribution in [0, 0.1) is 5.92 Å². The Bertz CT molecular complexity index is 316. The van der Waals surface area contributed by atoms with Gasteiger partial charge >= 0.3 is 0 Å². The highest BCUT2D eigenvalue weighted by molar-refractivity contribution is 5.08. The number of pyridine rings is 1. The normalized spacial score (nSPS) is 19.3. The fraction of sp³-hybridized carbons (Fsp3) is 0.762. The van der Waals surface area contributed by atoms with Crippen LogP contribution >= 0.6 is 0 Å². The van der Waals surface area contributed by atoms with Gasteiger partial charge in [-0.3, -0.25) is 9.88 Å². The van der Waals surface area contributed by atoms with Crippen LogP contribution in [0.2, 0.25) is 0 Å². The van der Waals surface area contributed by atoms with Crippen molar-refractivity contribution in [2.75, 3.05) is 7.05 Å². The highest BCUT2D eigenvalue weighted by Gasteiger charge is 2.21. The lowest BCUT2D eigenvalue weighted by Gasteiger charge is -2.33. The molecule has 1 aliphatic rings. The summed E-state index contributed by atoms with van der Waals surface area (Å²) in [5.74, 6) is 0.933. The van der Waals surface area contributed by atoms with Gasteiger partial charge in [0.05, 0.1) is 0 Å². The van der Waals surface area contributed by atoms with E-state index in [2.05, 4.69) is 43.8 Å². The molecule has 0 aliphatic heterocycles. The summed E-state index contributed by atoms with van der Waals surface area (Å²) in [5, 5.41) is 0. The van der Waals surface area contributed by atoms with Crippen molar-refractivity contribution < 1.29 is 0 Å². The molecule has 0 saturated heterocycles. The Morgan fingerprint density at radius 1 is 1.04 bits per heavy atom. The predicted molar refractivity (Wildman–Crippen MR) is 106 cm³/mol. The third kappa shape index (κ3) is 12.2. The van der Waals surface area contributed by atoms with Gasteiger partial charge in [0, 0.05) is 25.0 Å². The van der Waals surface area contributed by atoms with Gasteiger partial charge in [-0.25, -0.2) is 0 Å². The Kier molecular flexibility index (Phi) is 18.5. The molecule has 1 aromatic heterocycles. The highest BCUT2D eigenvalue weighted by Crippen LogP contribution is 2.27. The Morgan fingerprint density at radius 2 is 1.57 bits per heavy atom. The zero-order chi connectivity index (χ0) is 18.1. The lowest BCUT2D eigenvalue weighted by Crippen LogP contribution is -2.34. The van der Waals surface area contributed by atoms with E-state index in [-0.39, 0.29) is 0 Å². The SMILES string of the molecule is CC.CC.CC1CCC(N(C)Cc2cccnc2)CC1.CCC. The molecule has 0 bridgehead atoms. The van der Waals surface area contributed by atoms with Crippen molar-refractivity contribution >= 4 is 0 Å². The van der Waals surface area contributed by atoms with E-state index in [0.717, 1.165) is 18.5 Å². The van der Waals surface area contributed by atoms with Crippen LogP contribution in [0.3, 0.4) is 0 Å². The number of hydrogen-bond donors (Lipinski definition) is 0. The molecule has 0 unspecified atom stereocenters. The fourth-order valence-corrected chi connectivity index (χ4v) is 2.59. The summed E-state index contributed by atoms with van der Waals surface area (Å²) < 4.78 is 0. The molecule has 2 rings (SSSR count). The maximum Gasteiger partial charge on any atom is 0.0312 e. The molecule has 136 valence electrons. The first-order chi connectivity index (χ1) is 11.2. The monoisotopic (exact) mass is 322 g/mol. The molecule has 0 radical (unpaired) electrons. The zero-order valence-corrected chi connectivity index (χ0v) is 17.1. The minimum absolute atomic E-state index is 0.774. The molecule has 0 aromatic carbocycles. The third-order valence-electron chi connectivity index (χ3n) is 3.76. The topological polar surface area (TPSA) is 16.1 Å². The van der Waals surface area contributed by atoms with E-state index in [9.17, 15) is 0 Å². The molecule has 1 aromatic rings.